The maximum absolute atomic E-state index is 13.9. The van der Waals surface area contributed by atoms with Crippen molar-refractivity contribution in [1.29, 1.82) is 0 Å². The van der Waals surface area contributed by atoms with E-state index in [4.69, 9.17) is 0 Å². The Morgan fingerprint density at radius 3 is 2.66 bits per heavy atom. The van der Waals surface area contributed by atoms with Gasteiger partial charge in [-0.2, -0.15) is 0 Å². The molecule has 1 saturated carbocycles. The molecule has 0 radical (unpaired) electrons. The van der Waals surface area contributed by atoms with Crippen LogP contribution in [0.1, 0.15) is 58.6 Å². The number of halogens is 2. The maximum atomic E-state index is 13.9. The number of nitrogens with zero attached hydrogens (tertiary/aromatic N) is 1. The van der Waals surface area contributed by atoms with Crippen LogP contribution in [-0.4, -0.2) is 34.8 Å². The van der Waals surface area contributed by atoms with Gasteiger partial charge in [0.2, 0.25) is 5.91 Å². The maximum Gasteiger partial charge on any atom is 0.325 e. The first kappa shape index (κ1) is 21.2. The highest BCUT2D eigenvalue weighted by Gasteiger charge is 2.56. The molecule has 2 aliphatic rings. The van der Waals surface area contributed by atoms with E-state index in [1.54, 1.807) is 0 Å². The number of hydrogen-bond acceptors (Lipinski definition) is 3. The Morgan fingerprint density at radius 1 is 1.31 bits per heavy atom. The van der Waals surface area contributed by atoms with Crippen molar-refractivity contribution in [2.24, 2.45) is 11.3 Å². The highest BCUT2D eigenvalue weighted by Crippen LogP contribution is 2.46. The van der Waals surface area contributed by atoms with Gasteiger partial charge in [-0.15, -0.1) is 0 Å². The highest BCUT2D eigenvalue weighted by molar-refractivity contribution is 6.09. The zero-order valence-corrected chi connectivity index (χ0v) is 17.1. The average Bonchev–Trinajstić information content (AvgIpc) is 2.78. The third-order valence-corrected chi connectivity index (χ3v) is 5.73. The molecule has 4 amide bonds. The van der Waals surface area contributed by atoms with Crippen LogP contribution < -0.4 is 10.6 Å². The zero-order chi connectivity index (χ0) is 21.6. The number of benzene rings is 1. The number of rotatable bonds is 4. The molecule has 3 rings (SSSR count). The topological polar surface area (TPSA) is 78.5 Å². The molecule has 2 fully saturated rings. The number of nitrogens with one attached hydrogen (secondary N) is 2. The van der Waals surface area contributed by atoms with Gasteiger partial charge in [-0.1, -0.05) is 20.8 Å². The van der Waals surface area contributed by atoms with E-state index in [9.17, 15) is 23.2 Å². The molecular weight excluding hydrogens is 380 g/mol. The van der Waals surface area contributed by atoms with Gasteiger partial charge in [-0.25, -0.2) is 13.6 Å². The third-order valence-electron chi connectivity index (χ3n) is 5.73. The summed E-state index contributed by atoms with van der Waals surface area (Å²) < 4.78 is 27.3. The number of imide groups is 1. The quantitative estimate of drug-likeness (QED) is 0.752. The first-order valence-electron chi connectivity index (χ1n) is 9.81. The predicted octanol–water partition coefficient (Wildman–Crippen LogP) is 3.28. The minimum absolute atomic E-state index is 0.00475. The van der Waals surface area contributed by atoms with Gasteiger partial charge >= 0.3 is 6.03 Å². The molecule has 1 aromatic rings. The van der Waals surface area contributed by atoms with Crippen molar-refractivity contribution < 1.29 is 23.2 Å². The first-order valence-corrected chi connectivity index (χ1v) is 9.81. The second-order valence-corrected chi connectivity index (χ2v) is 9.21. The Hall–Kier alpha value is -2.51. The number of carbonyl (C=O) groups is 3. The number of hydrogen-bond donors (Lipinski definition) is 2. The van der Waals surface area contributed by atoms with E-state index >= 15 is 0 Å². The lowest BCUT2D eigenvalue weighted by Gasteiger charge is -2.43. The highest BCUT2D eigenvalue weighted by atomic mass is 19.1. The molecule has 1 saturated heterocycles. The molecule has 158 valence electrons. The van der Waals surface area contributed by atoms with Crippen molar-refractivity contribution in [3.8, 4) is 0 Å². The largest absolute Gasteiger partial charge is 0.348 e. The predicted molar refractivity (Wildman–Crippen MR) is 103 cm³/mol. The van der Waals surface area contributed by atoms with E-state index in [-0.39, 0.29) is 16.9 Å². The molecule has 29 heavy (non-hydrogen) atoms. The fourth-order valence-electron chi connectivity index (χ4n) is 5.00. The van der Waals surface area contributed by atoms with Crippen molar-refractivity contribution >= 4 is 17.8 Å². The molecule has 2 N–H and O–H groups in total. The molecule has 8 heteroatoms. The number of amides is 4. The molecule has 1 aromatic carbocycles. The molecule has 1 heterocycles. The summed E-state index contributed by atoms with van der Waals surface area (Å²) in [5, 5.41) is 5.34. The van der Waals surface area contributed by atoms with Gasteiger partial charge in [0.1, 0.15) is 23.7 Å². The third kappa shape index (κ3) is 4.26. The van der Waals surface area contributed by atoms with E-state index in [0.29, 0.717) is 12.8 Å². The van der Waals surface area contributed by atoms with Crippen LogP contribution in [0.15, 0.2) is 18.2 Å². The summed E-state index contributed by atoms with van der Waals surface area (Å²) in [6, 6.07) is 1.57. The van der Waals surface area contributed by atoms with Gasteiger partial charge in [0.15, 0.2) is 0 Å². The van der Waals surface area contributed by atoms with Gasteiger partial charge in [-0.05, 0) is 55.7 Å². The fraction of sp³-hybridized carbons (Fsp3) is 0.571. The molecular formula is C21H27F2N3O3. The van der Waals surface area contributed by atoms with Crippen molar-refractivity contribution in [3.63, 3.8) is 0 Å². The van der Waals surface area contributed by atoms with Gasteiger partial charge in [0, 0.05) is 5.56 Å². The Bertz CT molecular complexity index is 858. The van der Waals surface area contributed by atoms with Crippen LogP contribution in [0.3, 0.4) is 0 Å². The van der Waals surface area contributed by atoms with Crippen molar-refractivity contribution in [2.45, 2.75) is 58.5 Å². The number of urea groups is 1. The van der Waals surface area contributed by atoms with Crippen molar-refractivity contribution in [1.82, 2.24) is 15.5 Å². The minimum atomic E-state index is -0.987. The molecule has 0 aromatic heterocycles. The number of carbonyl (C=O) groups excluding carboxylic acids is 3. The van der Waals surface area contributed by atoms with E-state index < -0.39 is 47.6 Å². The van der Waals surface area contributed by atoms with Crippen molar-refractivity contribution in [2.75, 3.05) is 6.54 Å². The van der Waals surface area contributed by atoms with Crippen molar-refractivity contribution in [3.05, 3.63) is 35.4 Å². The summed E-state index contributed by atoms with van der Waals surface area (Å²) >= 11 is 0. The lowest BCUT2D eigenvalue weighted by atomic mass is 9.64. The summed E-state index contributed by atoms with van der Waals surface area (Å²) in [5.41, 5.74) is -1.10. The van der Waals surface area contributed by atoms with Gasteiger partial charge in [0.05, 0.1) is 6.04 Å². The molecule has 1 aliphatic carbocycles. The lowest BCUT2D eigenvalue weighted by molar-refractivity contribution is -0.137. The van der Waals surface area contributed by atoms with E-state index in [1.807, 2.05) is 6.92 Å². The fourth-order valence-corrected chi connectivity index (χ4v) is 5.00. The standard InChI is InChI=1S/C21H27F2N3O3/c1-12-8-20(3,4)11-21(9-12)18(28)26(19(29)25-21)10-17(27)24-13(2)15-7-14(22)5-6-16(15)23/h5-7,12-13H,8-11H2,1-4H3,(H,24,27)(H,25,29). The smallest absolute Gasteiger partial charge is 0.325 e. The molecule has 1 aliphatic heterocycles. The van der Waals surface area contributed by atoms with Crippen LogP contribution in [0.25, 0.3) is 0 Å². The second kappa shape index (κ2) is 7.39. The van der Waals surface area contributed by atoms with Gasteiger partial charge in [-0.3, -0.25) is 14.5 Å². The second-order valence-electron chi connectivity index (χ2n) is 9.21. The average molecular weight is 407 g/mol. The Balaban J connectivity index is 1.70. The first-order chi connectivity index (χ1) is 13.4. The van der Waals surface area contributed by atoms with Gasteiger partial charge in [0.25, 0.3) is 5.91 Å². The zero-order valence-electron chi connectivity index (χ0n) is 17.1. The Morgan fingerprint density at radius 2 is 2.00 bits per heavy atom. The van der Waals surface area contributed by atoms with E-state index in [1.165, 1.54) is 6.92 Å². The van der Waals surface area contributed by atoms with Crippen LogP contribution in [-0.2, 0) is 9.59 Å². The molecule has 0 bridgehead atoms. The van der Waals surface area contributed by atoms with Crippen LogP contribution >= 0.6 is 0 Å². The summed E-state index contributed by atoms with van der Waals surface area (Å²) in [5.74, 6) is -2.03. The van der Waals surface area contributed by atoms with Gasteiger partial charge < -0.3 is 10.6 Å². The molecule has 3 unspecified atom stereocenters. The summed E-state index contributed by atoms with van der Waals surface area (Å²) in [7, 11) is 0. The Kier molecular flexibility index (Phi) is 5.40. The molecule has 6 nitrogen and oxygen atoms in total. The van der Waals surface area contributed by atoms with Crippen LogP contribution in [0.2, 0.25) is 0 Å². The van der Waals surface area contributed by atoms with Crippen LogP contribution in [0.5, 0.6) is 0 Å². The summed E-state index contributed by atoms with van der Waals surface area (Å²) in [6.07, 6.45) is 2.00. The SMILES string of the molecule is CC1CC(C)(C)CC2(C1)NC(=O)N(CC(=O)NC(C)c1cc(F)ccc1F)C2=O. The summed E-state index contributed by atoms with van der Waals surface area (Å²) in [6.45, 7) is 7.21. The summed E-state index contributed by atoms with van der Waals surface area (Å²) in [4.78, 5) is 38.9. The monoisotopic (exact) mass is 407 g/mol. The van der Waals surface area contributed by atoms with Crippen LogP contribution in [0, 0.1) is 23.0 Å². The minimum Gasteiger partial charge on any atom is -0.348 e. The van der Waals surface area contributed by atoms with E-state index in [0.717, 1.165) is 29.5 Å². The Labute approximate surface area is 169 Å². The molecule has 1 spiro atoms. The van der Waals surface area contributed by atoms with E-state index in [2.05, 4.69) is 24.5 Å². The molecule has 3 atom stereocenters. The van der Waals surface area contributed by atoms with Crippen LogP contribution in [0.4, 0.5) is 13.6 Å². The lowest BCUT2D eigenvalue weighted by Crippen LogP contribution is -2.54. The normalized spacial score (nSPS) is 27.1.